The van der Waals surface area contributed by atoms with Gasteiger partial charge in [-0.1, -0.05) is 45.2 Å². The van der Waals surface area contributed by atoms with Crippen molar-refractivity contribution in [2.24, 2.45) is 4.40 Å². The van der Waals surface area contributed by atoms with Crippen molar-refractivity contribution in [1.29, 1.82) is 0 Å². The van der Waals surface area contributed by atoms with E-state index in [9.17, 15) is 28.6 Å². The SMILES string of the molecule is CC(C)(C)S(=O)N=C1CCC1.CC(C)(C)S(=O)NC1(c2ccc(Br)cc2[N+](=O)[O-])COC1.O=[N+]([O-])c1cc(Br)ccc1I.[CH2-]CCC.[Li+]. The Labute approximate surface area is 332 Å². The summed E-state index contributed by atoms with van der Waals surface area (Å²) in [5, 5.41) is 21.6. The monoisotopic (exact) mass is 940 g/mol. The Morgan fingerprint density at radius 1 is 0.958 bits per heavy atom. The smallest absolute Gasteiger partial charge is 0.377 e. The van der Waals surface area contributed by atoms with Gasteiger partial charge in [0.2, 0.25) is 0 Å². The van der Waals surface area contributed by atoms with E-state index < -0.39 is 42.1 Å². The van der Waals surface area contributed by atoms with Gasteiger partial charge in [0.15, 0.2) is 0 Å². The maximum absolute atomic E-state index is 12.4. The molecule has 4 rings (SSSR count). The predicted molar refractivity (Wildman–Crippen MR) is 207 cm³/mol. The Kier molecular flexibility index (Phi) is 21.4. The van der Waals surface area contributed by atoms with Crippen molar-refractivity contribution in [1.82, 2.24) is 4.72 Å². The average molecular weight is 943 g/mol. The molecule has 1 heterocycles. The van der Waals surface area contributed by atoms with Crippen molar-refractivity contribution in [2.45, 2.75) is 95.6 Å². The van der Waals surface area contributed by atoms with Gasteiger partial charge in [0.1, 0.15) is 16.5 Å². The van der Waals surface area contributed by atoms with Gasteiger partial charge in [-0.25, -0.2) is 13.1 Å². The fourth-order valence-corrected chi connectivity index (χ4v) is 6.08. The molecule has 2 aromatic rings. The van der Waals surface area contributed by atoms with E-state index >= 15 is 0 Å². The number of benzene rings is 2. The van der Waals surface area contributed by atoms with Gasteiger partial charge >= 0.3 is 18.9 Å². The molecular weight excluding hydrogens is 898 g/mol. The normalized spacial score (nSPS) is 15.9. The van der Waals surface area contributed by atoms with Gasteiger partial charge in [-0.15, -0.1) is 0 Å². The van der Waals surface area contributed by atoms with Crippen molar-refractivity contribution < 1.29 is 41.9 Å². The van der Waals surface area contributed by atoms with Gasteiger partial charge in [-0.3, -0.25) is 20.2 Å². The second-order valence-electron chi connectivity index (χ2n) is 12.6. The van der Waals surface area contributed by atoms with E-state index in [0.29, 0.717) is 13.6 Å². The minimum absolute atomic E-state index is 0. The quantitative estimate of drug-likeness (QED) is 0.113. The van der Waals surface area contributed by atoms with Crippen molar-refractivity contribution in [2.75, 3.05) is 13.2 Å². The Balaban J connectivity index is 0.000000694. The summed E-state index contributed by atoms with van der Waals surface area (Å²) >= 11 is 8.32. The van der Waals surface area contributed by atoms with Gasteiger partial charge in [0.25, 0.3) is 11.4 Å². The van der Waals surface area contributed by atoms with E-state index in [2.05, 4.69) is 54.8 Å². The first-order chi connectivity index (χ1) is 21.7. The average Bonchev–Trinajstić information content (AvgIpc) is 2.93. The van der Waals surface area contributed by atoms with Gasteiger partial charge in [-0.05, 0) is 108 Å². The Bertz CT molecular complexity index is 1460. The first-order valence-electron chi connectivity index (χ1n) is 14.8. The number of nitro benzene ring substituents is 2. The molecule has 264 valence electrons. The summed E-state index contributed by atoms with van der Waals surface area (Å²) in [4.78, 5) is 20.8. The second kappa shape index (κ2) is 21.7. The predicted octanol–water partition coefficient (Wildman–Crippen LogP) is 6.29. The number of hydrogen-bond donors (Lipinski definition) is 1. The third-order valence-electron chi connectivity index (χ3n) is 6.34. The van der Waals surface area contributed by atoms with Crippen molar-refractivity contribution in [3.05, 3.63) is 81.6 Å². The van der Waals surface area contributed by atoms with E-state index in [4.69, 9.17) is 4.74 Å². The zero-order chi connectivity index (χ0) is 36.2. The molecule has 2 unspecified atom stereocenters. The number of halogens is 3. The number of ether oxygens (including phenoxy) is 1. The summed E-state index contributed by atoms with van der Waals surface area (Å²) < 4.78 is 37.5. The Morgan fingerprint density at radius 3 is 1.77 bits per heavy atom. The van der Waals surface area contributed by atoms with Crippen LogP contribution in [0.4, 0.5) is 11.4 Å². The first-order valence-corrected chi connectivity index (χ1v) is 19.7. The molecule has 1 saturated heterocycles. The fourth-order valence-electron chi connectivity index (χ4n) is 3.27. The maximum Gasteiger partial charge on any atom is 1.00 e. The first kappa shape index (κ1) is 47.4. The molecule has 2 atom stereocenters. The molecule has 2 aliphatic rings. The summed E-state index contributed by atoms with van der Waals surface area (Å²) in [5.41, 5.74) is 0.991. The molecule has 1 N–H and O–H groups in total. The van der Waals surface area contributed by atoms with Crippen LogP contribution >= 0.6 is 54.5 Å². The van der Waals surface area contributed by atoms with Crippen LogP contribution in [0.25, 0.3) is 0 Å². The van der Waals surface area contributed by atoms with E-state index in [0.717, 1.165) is 29.4 Å². The van der Waals surface area contributed by atoms with Crippen LogP contribution in [0.15, 0.2) is 49.7 Å². The van der Waals surface area contributed by atoms with Crippen LogP contribution in [0.3, 0.4) is 0 Å². The molecule has 2 aromatic carbocycles. The molecule has 0 amide bonds. The van der Waals surface area contributed by atoms with Gasteiger partial charge in [0, 0.05) is 26.8 Å². The van der Waals surface area contributed by atoms with Crippen LogP contribution < -0.4 is 23.6 Å². The molecule has 0 spiro atoms. The molecule has 0 radical (unpaired) electrons. The number of unbranched alkanes of at least 4 members (excludes halogenated alkanes) is 1. The summed E-state index contributed by atoms with van der Waals surface area (Å²) in [6, 6.07) is 9.83. The van der Waals surface area contributed by atoms with Crippen LogP contribution in [-0.4, -0.2) is 46.7 Å². The number of rotatable bonds is 7. The Morgan fingerprint density at radius 2 is 1.44 bits per heavy atom. The minimum atomic E-state index is -1.35. The van der Waals surface area contributed by atoms with Crippen LogP contribution in [0, 0.1) is 30.7 Å². The molecule has 48 heavy (non-hydrogen) atoms. The molecule has 11 nitrogen and oxygen atoms in total. The molecule has 0 aromatic heterocycles. The molecule has 0 bridgehead atoms. The number of hydrogen-bond acceptors (Lipinski definition) is 7. The maximum atomic E-state index is 12.4. The molecule has 2 fully saturated rings. The molecule has 1 saturated carbocycles. The Hall–Kier alpha value is -0.583. The number of nitro groups is 2. The summed E-state index contributed by atoms with van der Waals surface area (Å²) in [5.74, 6) is 0. The third kappa shape index (κ3) is 15.8. The van der Waals surface area contributed by atoms with Crippen molar-refractivity contribution in [3.63, 3.8) is 0 Å². The summed E-state index contributed by atoms with van der Waals surface area (Å²) in [6.45, 7) is 17.6. The zero-order valence-corrected chi connectivity index (χ0v) is 35.7. The minimum Gasteiger partial charge on any atom is -0.377 e. The standard InChI is InChI=1S/C13H17BrN2O4S.C8H15NOS.C6H3BrINO2.C4H9.Li/c1-12(2,3)21(19)15-13(7-20-8-13)10-5-4-9(14)6-11(10)16(17)18;1-8(2,3)11(10)9-7-5-4-6-7;7-4-1-2-5(8)6(3-4)9(10)11;1-3-4-2;/h4-6,15H,7-8H2,1-3H3;4-6H2,1-3H3;1-3H;1,3-4H2,2H3;/q;;;-1;+1. The molecule has 1 aliphatic carbocycles. The largest absolute Gasteiger partial charge is 1.00 e. The van der Waals surface area contributed by atoms with E-state index in [1.165, 1.54) is 25.0 Å². The van der Waals surface area contributed by atoms with Gasteiger partial charge in [-0.2, -0.15) is 10.8 Å². The number of nitrogens with zero attached hydrogens (tertiary/aromatic N) is 3. The van der Waals surface area contributed by atoms with Crippen LogP contribution in [-0.2, 0) is 32.2 Å². The van der Waals surface area contributed by atoms with E-state index in [1.807, 2.05) is 64.1 Å². The van der Waals surface area contributed by atoms with Gasteiger partial charge in [0.05, 0.1) is 52.7 Å². The number of nitrogens with one attached hydrogen (secondary N) is 1. The summed E-state index contributed by atoms with van der Waals surface area (Å²) in [6.07, 6.45) is 5.61. The van der Waals surface area contributed by atoms with E-state index in [-0.39, 0.29) is 48.2 Å². The zero-order valence-electron chi connectivity index (χ0n) is 28.8. The fraction of sp³-hybridized carbons (Fsp3) is 0.548. The molecular formula is C31H44Br2ILiN4O7S2. The molecule has 1 aliphatic heterocycles. The second-order valence-corrected chi connectivity index (χ2v) is 19.4. The van der Waals surface area contributed by atoms with Crippen molar-refractivity contribution in [3.8, 4) is 0 Å². The topological polar surface area (TPSA) is 154 Å². The van der Waals surface area contributed by atoms with Crippen LogP contribution in [0.2, 0.25) is 0 Å². The third-order valence-corrected chi connectivity index (χ3v) is 11.4. The van der Waals surface area contributed by atoms with Crippen LogP contribution in [0.1, 0.15) is 86.1 Å². The summed E-state index contributed by atoms with van der Waals surface area (Å²) in [7, 11) is -2.38. The van der Waals surface area contributed by atoms with Crippen LogP contribution in [0.5, 0.6) is 0 Å². The molecule has 17 heteroatoms. The van der Waals surface area contributed by atoms with Crippen molar-refractivity contribution >= 4 is 93.5 Å². The van der Waals surface area contributed by atoms with E-state index in [1.54, 1.807) is 24.3 Å². The van der Waals surface area contributed by atoms with Gasteiger partial charge < -0.3 is 11.7 Å².